The van der Waals surface area contributed by atoms with Gasteiger partial charge >= 0.3 is 0 Å². The van der Waals surface area contributed by atoms with Crippen LogP contribution in [-0.4, -0.2) is 4.33 Å². The Bertz CT molecular complexity index is 491. The second kappa shape index (κ2) is 4.38. The number of alkyl halides is 2. The molecule has 0 bridgehead atoms. The molecule has 0 aromatic heterocycles. The van der Waals surface area contributed by atoms with Gasteiger partial charge in [-0.2, -0.15) is 0 Å². The summed E-state index contributed by atoms with van der Waals surface area (Å²) in [6.07, 6.45) is 6.76. The number of benzene rings is 1. The summed E-state index contributed by atoms with van der Waals surface area (Å²) in [6.45, 7) is 2.14. The van der Waals surface area contributed by atoms with Crippen molar-refractivity contribution in [2.45, 2.75) is 60.7 Å². The third-order valence-corrected chi connectivity index (χ3v) is 6.18. The summed E-state index contributed by atoms with van der Waals surface area (Å²) < 4.78 is -0.611. The Hall–Kier alpha value is -0.240. The van der Waals surface area contributed by atoms with Crippen LogP contribution in [-0.2, 0) is 11.0 Å². The molecule has 3 heteroatoms. The molecule has 2 saturated carbocycles. The summed E-state index contributed by atoms with van der Waals surface area (Å²) in [5.41, 5.74) is 8.83. The second-order valence-corrected chi connectivity index (χ2v) is 7.99. The first-order valence-electron chi connectivity index (χ1n) is 7.15. The minimum absolute atomic E-state index is 0.114. The van der Waals surface area contributed by atoms with E-state index in [0.717, 1.165) is 19.3 Å². The van der Waals surface area contributed by atoms with E-state index >= 15 is 0 Å². The molecule has 0 aliphatic heterocycles. The molecule has 2 fully saturated rings. The maximum absolute atomic E-state index is 6.61. The Balaban J connectivity index is 1.93. The summed E-state index contributed by atoms with van der Waals surface area (Å²) in [5, 5.41) is 0. The molecule has 2 N–H and O–H groups in total. The fraction of sp³-hybridized carbons (Fsp3) is 0.625. The fourth-order valence-corrected chi connectivity index (χ4v) is 4.11. The lowest BCUT2D eigenvalue weighted by molar-refractivity contribution is 0.302. The van der Waals surface area contributed by atoms with Gasteiger partial charge in [0.25, 0.3) is 0 Å². The molecule has 0 saturated heterocycles. The number of hydrogen-bond donors (Lipinski definition) is 1. The van der Waals surface area contributed by atoms with Gasteiger partial charge in [-0.1, -0.05) is 50.5 Å². The molecule has 19 heavy (non-hydrogen) atoms. The summed E-state index contributed by atoms with van der Waals surface area (Å²) in [7, 11) is 0. The van der Waals surface area contributed by atoms with Crippen molar-refractivity contribution in [1.82, 2.24) is 0 Å². The zero-order valence-corrected chi connectivity index (χ0v) is 12.9. The standard InChI is InChI=1S/C16H21Cl2N/c1-14(11-16(14,17)18)12-6-5-7-13(10-12)15(19)8-3-2-4-9-15/h5-7,10H,2-4,8-9,11,19H2,1H3/t14-/m0/s1. The third-order valence-electron chi connectivity index (χ3n) is 5.08. The minimum atomic E-state index is -0.611. The van der Waals surface area contributed by atoms with Crippen LogP contribution in [0.25, 0.3) is 0 Å². The van der Waals surface area contributed by atoms with Gasteiger partial charge < -0.3 is 5.73 Å². The van der Waals surface area contributed by atoms with Crippen molar-refractivity contribution in [3.8, 4) is 0 Å². The van der Waals surface area contributed by atoms with Crippen molar-refractivity contribution in [3.63, 3.8) is 0 Å². The first-order valence-corrected chi connectivity index (χ1v) is 7.91. The Morgan fingerprint density at radius 2 is 1.63 bits per heavy atom. The topological polar surface area (TPSA) is 26.0 Å². The van der Waals surface area contributed by atoms with Crippen LogP contribution in [0.4, 0.5) is 0 Å². The van der Waals surface area contributed by atoms with Crippen LogP contribution in [0.2, 0.25) is 0 Å². The molecule has 1 aromatic carbocycles. The molecule has 1 atom stereocenters. The van der Waals surface area contributed by atoms with E-state index in [1.807, 2.05) is 0 Å². The third kappa shape index (κ3) is 2.20. The summed E-state index contributed by atoms with van der Waals surface area (Å²) in [5.74, 6) is 0. The molecule has 0 heterocycles. The predicted octanol–water partition coefficient (Wildman–Crippen LogP) is 4.64. The van der Waals surface area contributed by atoms with Crippen LogP contribution < -0.4 is 5.73 Å². The van der Waals surface area contributed by atoms with Gasteiger partial charge in [-0.25, -0.2) is 0 Å². The Labute approximate surface area is 125 Å². The highest BCUT2D eigenvalue weighted by atomic mass is 35.5. The molecule has 2 aliphatic rings. The highest BCUT2D eigenvalue weighted by Crippen LogP contribution is 2.64. The van der Waals surface area contributed by atoms with Gasteiger partial charge in [0, 0.05) is 11.0 Å². The molecule has 2 aliphatic carbocycles. The summed E-state index contributed by atoms with van der Waals surface area (Å²) in [4.78, 5) is 0. The van der Waals surface area contributed by atoms with E-state index in [4.69, 9.17) is 28.9 Å². The number of hydrogen-bond acceptors (Lipinski definition) is 1. The zero-order valence-electron chi connectivity index (χ0n) is 11.4. The highest BCUT2D eigenvalue weighted by Gasteiger charge is 2.63. The largest absolute Gasteiger partial charge is 0.321 e. The molecular formula is C16H21Cl2N. The first kappa shape index (κ1) is 13.7. The Kier molecular flexibility index (Phi) is 3.16. The smallest absolute Gasteiger partial charge is 0.128 e. The predicted molar refractivity (Wildman–Crippen MR) is 81.8 cm³/mol. The van der Waals surface area contributed by atoms with Crippen LogP contribution in [0, 0.1) is 0 Å². The van der Waals surface area contributed by atoms with Gasteiger partial charge in [0.15, 0.2) is 0 Å². The maximum Gasteiger partial charge on any atom is 0.128 e. The van der Waals surface area contributed by atoms with Crippen molar-refractivity contribution in [1.29, 1.82) is 0 Å². The van der Waals surface area contributed by atoms with Crippen molar-refractivity contribution in [3.05, 3.63) is 35.4 Å². The summed E-state index contributed by atoms with van der Waals surface area (Å²) in [6, 6.07) is 8.62. The normalized spacial score (nSPS) is 32.0. The Morgan fingerprint density at radius 3 is 2.21 bits per heavy atom. The van der Waals surface area contributed by atoms with E-state index < -0.39 is 4.33 Å². The minimum Gasteiger partial charge on any atom is -0.321 e. The molecule has 1 aromatic rings. The van der Waals surface area contributed by atoms with Gasteiger partial charge in [0.1, 0.15) is 4.33 Å². The Morgan fingerprint density at radius 1 is 1.05 bits per heavy atom. The molecule has 3 rings (SSSR count). The quantitative estimate of drug-likeness (QED) is 0.791. The van der Waals surface area contributed by atoms with Crippen LogP contribution in [0.15, 0.2) is 24.3 Å². The van der Waals surface area contributed by atoms with Crippen molar-refractivity contribution in [2.75, 3.05) is 0 Å². The lowest BCUT2D eigenvalue weighted by Gasteiger charge is -2.34. The fourth-order valence-electron chi connectivity index (χ4n) is 3.36. The van der Waals surface area contributed by atoms with Crippen LogP contribution in [0.3, 0.4) is 0 Å². The van der Waals surface area contributed by atoms with Gasteiger partial charge in [-0.05, 0) is 30.4 Å². The number of rotatable bonds is 2. The average Bonchev–Trinajstić information content (AvgIpc) is 2.91. The van der Waals surface area contributed by atoms with E-state index in [1.54, 1.807) is 0 Å². The van der Waals surface area contributed by atoms with E-state index in [0.29, 0.717) is 0 Å². The molecule has 0 unspecified atom stereocenters. The lowest BCUT2D eigenvalue weighted by Crippen LogP contribution is -2.38. The van der Waals surface area contributed by atoms with Gasteiger partial charge in [0.05, 0.1) is 0 Å². The van der Waals surface area contributed by atoms with Crippen molar-refractivity contribution >= 4 is 23.2 Å². The van der Waals surface area contributed by atoms with Crippen molar-refractivity contribution in [2.24, 2.45) is 5.73 Å². The monoisotopic (exact) mass is 297 g/mol. The van der Waals surface area contributed by atoms with E-state index in [1.165, 1.54) is 30.4 Å². The number of nitrogens with two attached hydrogens (primary N) is 1. The van der Waals surface area contributed by atoms with E-state index in [-0.39, 0.29) is 11.0 Å². The zero-order chi connectivity index (χ0) is 13.7. The molecule has 0 amide bonds. The summed E-state index contributed by atoms with van der Waals surface area (Å²) >= 11 is 12.6. The highest BCUT2D eigenvalue weighted by molar-refractivity contribution is 6.52. The lowest BCUT2D eigenvalue weighted by atomic mass is 9.76. The first-order chi connectivity index (χ1) is 8.87. The van der Waals surface area contributed by atoms with Crippen LogP contribution >= 0.6 is 23.2 Å². The SMILES string of the molecule is C[C@@]1(c2cccc(C3(N)CCCCC3)c2)CC1(Cl)Cl. The average molecular weight is 298 g/mol. The van der Waals surface area contributed by atoms with Gasteiger partial charge in [0.2, 0.25) is 0 Å². The van der Waals surface area contributed by atoms with E-state index in [9.17, 15) is 0 Å². The van der Waals surface area contributed by atoms with Crippen molar-refractivity contribution < 1.29 is 0 Å². The maximum atomic E-state index is 6.61. The van der Waals surface area contributed by atoms with Gasteiger partial charge in [-0.15, -0.1) is 23.2 Å². The second-order valence-electron chi connectivity index (χ2n) is 6.51. The number of halogens is 2. The van der Waals surface area contributed by atoms with E-state index in [2.05, 4.69) is 31.2 Å². The molecular weight excluding hydrogens is 277 g/mol. The van der Waals surface area contributed by atoms with Crippen LogP contribution in [0.1, 0.15) is 56.6 Å². The molecule has 0 radical (unpaired) electrons. The van der Waals surface area contributed by atoms with Crippen LogP contribution in [0.5, 0.6) is 0 Å². The molecule has 104 valence electrons. The van der Waals surface area contributed by atoms with Gasteiger partial charge in [-0.3, -0.25) is 0 Å². The molecule has 1 nitrogen and oxygen atoms in total. The molecule has 0 spiro atoms.